The number of anilines is 1. The Hall–Kier alpha value is -2.32. The Kier molecular flexibility index (Phi) is 4.33. The van der Waals surface area contributed by atoms with E-state index in [0.717, 1.165) is 24.3 Å². The molecule has 0 spiro atoms. The fourth-order valence-corrected chi connectivity index (χ4v) is 3.76. The summed E-state index contributed by atoms with van der Waals surface area (Å²) in [6, 6.07) is 8.82. The van der Waals surface area contributed by atoms with Gasteiger partial charge in [-0.2, -0.15) is 4.72 Å². The number of nitrogens with one attached hydrogen (secondary N) is 1. The van der Waals surface area contributed by atoms with Crippen LogP contribution in [0.2, 0.25) is 0 Å². The summed E-state index contributed by atoms with van der Waals surface area (Å²) in [6.07, 6.45) is 0.288. The molecule has 126 valence electrons. The van der Waals surface area contributed by atoms with Crippen LogP contribution in [0, 0.1) is 11.6 Å². The van der Waals surface area contributed by atoms with Crippen molar-refractivity contribution in [3.8, 4) is 0 Å². The molecule has 1 N–H and O–H groups in total. The normalized spacial score (nSPS) is 18.2. The number of benzene rings is 2. The SMILES string of the molecule is O=C1[C@H](NS(=O)(=O)c2ccc(F)cc2)CCN1c1ccc(F)cc1. The van der Waals surface area contributed by atoms with E-state index >= 15 is 0 Å². The third-order valence-corrected chi connectivity index (χ3v) is 5.25. The van der Waals surface area contributed by atoms with Gasteiger partial charge in [0.2, 0.25) is 15.9 Å². The van der Waals surface area contributed by atoms with Crippen molar-refractivity contribution in [1.82, 2.24) is 4.72 Å². The largest absolute Gasteiger partial charge is 0.311 e. The number of sulfonamides is 1. The van der Waals surface area contributed by atoms with Crippen molar-refractivity contribution in [1.29, 1.82) is 0 Å². The average Bonchev–Trinajstić information content (AvgIpc) is 2.89. The van der Waals surface area contributed by atoms with Gasteiger partial charge in [-0.1, -0.05) is 0 Å². The Labute approximate surface area is 138 Å². The molecule has 0 aliphatic carbocycles. The zero-order chi connectivity index (χ0) is 17.3. The van der Waals surface area contributed by atoms with Crippen LogP contribution < -0.4 is 9.62 Å². The summed E-state index contributed by atoms with van der Waals surface area (Å²) in [5.74, 6) is -1.38. The Morgan fingerprint density at radius 3 is 2.08 bits per heavy atom. The van der Waals surface area contributed by atoms with E-state index in [4.69, 9.17) is 0 Å². The van der Waals surface area contributed by atoms with Crippen LogP contribution >= 0.6 is 0 Å². The van der Waals surface area contributed by atoms with Crippen molar-refractivity contribution >= 4 is 21.6 Å². The molecule has 0 unspecified atom stereocenters. The first-order valence-electron chi connectivity index (χ1n) is 7.22. The van der Waals surface area contributed by atoms with Crippen LogP contribution in [-0.2, 0) is 14.8 Å². The van der Waals surface area contributed by atoms with Crippen molar-refractivity contribution in [3.63, 3.8) is 0 Å². The lowest BCUT2D eigenvalue weighted by Gasteiger charge is -2.17. The van der Waals surface area contributed by atoms with Gasteiger partial charge in [0.15, 0.2) is 0 Å². The Balaban J connectivity index is 1.76. The maximum Gasteiger partial charge on any atom is 0.245 e. The Bertz CT molecular complexity index is 852. The Morgan fingerprint density at radius 1 is 0.958 bits per heavy atom. The van der Waals surface area contributed by atoms with Gasteiger partial charge in [-0.25, -0.2) is 17.2 Å². The molecule has 0 saturated carbocycles. The van der Waals surface area contributed by atoms with Crippen LogP contribution in [0.15, 0.2) is 53.4 Å². The van der Waals surface area contributed by atoms with Gasteiger partial charge >= 0.3 is 0 Å². The second-order valence-electron chi connectivity index (χ2n) is 5.38. The summed E-state index contributed by atoms with van der Waals surface area (Å²) in [6.45, 7) is 0.321. The van der Waals surface area contributed by atoms with Gasteiger partial charge in [0.1, 0.15) is 17.7 Å². The van der Waals surface area contributed by atoms with E-state index in [0.29, 0.717) is 12.2 Å². The molecule has 3 rings (SSSR count). The third kappa shape index (κ3) is 3.29. The molecule has 1 aliphatic rings. The van der Waals surface area contributed by atoms with E-state index in [2.05, 4.69) is 4.72 Å². The molecule has 1 amide bonds. The molecular weight excluding hydrogens is 338 g/mol. The lowest BCUT2D eigenvalue weighted by Crippen LogP contribution is -2.41. The van der Waals surface area contributed by atoms with E-state index in [9.17, 15) is 22.0 Å². The smallest absolute Gasteiger partial charge is 0.245 e. The molecule has 24 heavy (non-hydrogen) atoms. The van der Waals surface area contributed by atoms with Gasteiger partial charge in [0.25, 0.3) is 0 Å². The Morgan fingerprint density at radius 2 is 1.50 bits per heavy atom. The van der Waals surface area contributed by atoms with Crippen molar-refractivity contribution in [2.24, 2.45) is 0 Å². The minimum absolute atomic E-state index is 0.114. The highest BCUT2D eigenvalue weighted by Crippen LogP contribution is 2.23. The molecule has 1 aliphatic heterocycles. The lowest BCUT2D eigenvalue weighted by atomic mass is 10.3. The first-order chi connectivity index (χ1) is 11.4. The van der Waals surface area contributed by atoms with Gasteiger partial charge in [-0.3, -0.25) is 4.79 Å². The van der Waals surface area contributed by atoms with Gasteiger partial charge < -0.3 is 4.90 Å². The van der Waals surface area contributed by atoms with Crippen LogP contribution in [0.1, 0.15) is 6.42 Å². The molecule has 1 atom stereocenters. The van der Waals surface area contributed by atoms with Gasteiger partial charge in [0, 0.05) is 12.2 Å². The molecular formula is C16H14F2N2O3S. The van der Waals surface area contributed by atoms with Crippen molar-refractivity contribution in [2.75, 3.05) is 11.4 Å². The number of amides is 1. The van der Waals surface area contributed by atoms with Crippen molar-refractivity contribution < 1.29 is 22.0 Å². The number of rotatable bonds is 4. The van der Waals surface area contributed by atoms with Crippen LogP contribution in [0.25, 0.3) is 0 Å². The summed E-state index contributed by atoms with van der Waals surface area (Å²) in [5, 5.41) is 0. The molecule has 1 fully saturated rings. The second kappa shape index (κ2) is 6.29. The van der Waals surface area contributed by atoms with Crippen molar-refractivity contribution in [2.45, 2.75) is 17.4 Å². The molecule has 2 aromatic carbocycles. The van der Waals surface area contributed by atoms with Crippen LogP contribution in [0.5, 0.6) is 0 Å². The standard InChI is InChI=1S/C16H14F2N2O3S/c17-11-1-5-13(6-2-11)20-10-9-15(16(20)21)19-24(22,23)14-7-3-12(18)4-8-14/h1-8,15,19H,9-10H2/t15-/m1/s1. The fraction of sp³-hybridized carbons (Fsp3) is 0.188. The zero-order valence-electron chi connectivity index (χ0n) is 12.4. The quantitative estimate of drug-likeness (QED) is 0.916. The predicted octanol–water partition coefficient (Wildman–Crippen LogP) is 2.05. The number of hydrogen-bond donors (Lipinski definition) is 1. The van der Waals surface area contributed by atoms with Crippen LogP contribution in [0.4, 0.5) is 14.5 Å². The molecule has 0 aromatic heterocycles. The van der Waals surface area contributed by atoms with Crippen LogP contribution in [0.3, 0.4) is 0 Å². The minimum atomic E-state index is -3.93. The lowest BCUT2D eigenvalue weighted by molar-refractivity contribution is -0.118. The number of carbonyl (C=O) groups is 1. The summed E-state index contributed by atoms with van der Waals surface area (Å²) >= 11 is 0. The second-order valence-corrected chi connectivity index (χ2v) is 7.10. The number of carbonyl (C=O) groups excluding carboxylic acids is 1. The molecule has 1 saturated heterocycles. The van der Waals surface area contributed by atoms with E-state index in [1.807, 2.05) is 0 Å². The molecule has 5 nitrogen and oxygen atoms in total. The number of halogens is 2. The van der Waals surface area contributed by atoms with E-state index in [1.165, 1.54) is 29.2 Å². The number of nitrogens with zero attached hydrogens (tertiary/aromatic N) is 1. The summed E-state index contributed by atoms with van der Waals surface area (Å²) in [5.41, 5.74) is 0.505. The van der Waals surface area contributed by atoms with E-state index in [-0.39, 0.29) is 11.3 Å². The van der Waals surface area contributed by atoms with E-state index in [1.54, 1.807) is 0 Å². The van der Waals surface area contributed by atoms with Crippen LogP contribution in [-0.4, -0.2) is 26.9 Å². The van der Waals surface area contributed by atoms with Gasteiger partial charge in [-0.05, 0) is 55.0 Å². The zero-order valence-corrected chi connectivity index (χ0v) is 13.3. The van der Waals surface area contributed by atoms with Gasteiger partial charge in [-0.15, -0.1) is 0 Å². The maximum absolute atomic E-state index is 13.0. The maximum atomic E-state index is 13.0. The molecule has 8 heteroatoms. The average molecular weight is 352 g/mol. The monoisotopic (exact) mass is 352 g/mol. The first-order valence-corrected chi connectivity index (χ1v) is 8.70. The summed E-state index contributed by atoms with van der Waals surface area (Å²) < 4.78 is 52.8. The highest BCUT2D eigenvalue weighted by molar-refractivity contribution is 7.89. The van der Waals surface area contributed by atoms with Crippen molar-refractivity contribution in [3.05, 3.63) is 60.2 Å². The van der Waals surface area contributed by atoms with E-state index < -0.39 is 33.6 Å². The molecule has 0 bridgehead atoms. The number of hydrogen-bond acceptors (Lipinski definition) is 3. The fourth-order valence-electron chi connectivity index (χ4n) is 2.54. The molecule has 1 heterocycles. The molecule has 0 radical (unpaired) electrons. The van der Waals surface area contributed by atoms with Gasteiger partial charge in [0.05, 0.1) is 4.90 Å². The predicted molar refractivity (Wildman–Crippen MR) is 83.9 cm³/mol. The summed E-state index contributed by atoms with van der Waals surface area (Å²) in [7, 11) is -3.93. The third-order valence-electron chi connectivity index (χ3n) is 3.77. The summed E-state index contributed by atoms with van der Waals surface area (Å²) in [4.78, 5) is 13.7. The highest BCUT2D eigenvalue weighted by Gasteiger charge is 2.35. The first kappa shape index (κ1) is 16.5. The topological polar surface area (TPSA) is 66.5 Å². The molecule has 2 aromatic rings. The highest BCUT2D eigenvalue weighted by atomic mass is 32.2. The minimum Gasteiger partial charge on any atom is -0.311 e.